The van der Waals surface area contributed by atoms with Crippen molar-refractivity contribution in [3.8, 4) is 0 Å². The summed E-state index contributed by atoms with van der Waals surface area (Å²) in [6.07, 6.45) is -8.16. The Kier molecular flexibility index (Phi) is 21.5. The van der Waals surface area contributed by atoms with Crippen molar-refractivity contribution in [2.45, 2.75) is 222 Å². The predicted molar refractivity (Wildman–Crippen MR) is 267 cm³/mol. The predicted octanol–water partition coefficient (Wildman–Crippen LogP) is 3.81. The number of sulfone groups is 1. The summed E-state index contributed by atoms with van der Waals surface area (Å²) < 4.78 is 71.4. The summed E-state index contributed by atoms with van der Waals surface area (Å²) >= 11 is 0. The van der Waals surface area contributed by atoms with E-state index < -0.39 is 141 Å². The van der Waals surface area contributed by atoms with Crippen molar-refractivity contribution >= 4 is 21.7 Å². The Morgan fingerprint density at radius 1 is 1.00 bits per heavy atom. The van der Waals surface area contributed by atoms with Crippen molar-refractivity contribution in [1.82, 2.24) is 15.1 Å². The standard InChI is InChI=1S/C52H90FN3O14S/c1-16-41-52(12,63)45(59)34(8)56(14)28-30(4)25-50(10,62)47(32(6)43(33(7)48(61)69-41)40-26-51(11,66-15)46(60)35(9)68-40)70-49-44(58)39(23-31(5)67-49)55(13)22-21-42(57)54-37(27-53)24-36-17-19-38(20-18-36)71(64,65)29(2)3/h17-20,29-35,37,39-41,43-47,49,58-60,62-63H,16,21-28H2,1-15H3,(H,54,57)/t30-,31-,32+,33-,34-,35+,37+,39+,40?,41-,43+,44-,45-,46+,47-,49+,50-,51-,52-/m1/s1. The molecule has 6 N–H and O–H groups in total. The zero-order chi connectivity index (χ0) is 53.7. The van der Waals surface area contributed by atoms with Crippen molar-refractivity contribution in [3.63, 3.8) is 0 Å². The third-order valence-electron chi connectivity index (χ3n) is 16.1. The molecule has 410 valence electrons. The second-order valence-electron chi connectivity index (χ2n) is 22.4. The summed E-state index contributed by atoms with van der Waals surface area (Å²) in [4.78, 5) is 31.8. The van der Waals surface area contributed by atoms with Gasteiger partial charge in [0.25, 0.3) is 0 Å². The maximum absolute atomic E-state index is 14.6. The first kappa shape index (κ1) is 61.1. The number of ether oxygens (including phenoxy) is 5. The van der Waals surface area contributed by atoms with Crippen LogP contribution < -0.4 is 5.32 Å². The van der Waals surface area contributed by atoms with E-state index in [0.29, 0.717) is 18.5 Å². The Morgan fingerprint density at radius 3 is 2.18 bits per heavy atom. The third-order valence-corrected chi connectivity index (χ3v) is 18.2. The molecule has 1 aromatic rings. The molecule has 1 aromatic carbocycles. The number of hydrogen-bond acceptors (Lipinski definition) is 16. The third kappa shape index (κ3) is 14.5. The average molecular weight is 1030 g/mol. The fraction of sp³-hybridized carbons (Fsp3) is 0.846. The summed E-state index contributed by atoms with van der Waals surface area (Å²) in [6.45, 7) is 20.4. The zero-order valence-electron chi connectivity index (χ0n) is 45.1. The van der Waals surface area contributed by atoms with Crippen LogP contribution in [0.4, 0.5) is 4.39 Å². The van der Waals surface area contributed by atoms with Gasteiger partial charge in [-0.05, 0) is 125 Å². The molecule has 3 aliphatic rings. The average Bonchev–Trinajstić information content (AvgIpc) is 3.30. The normalized spacial score (nSPS) is 40.2. The van der Waals surface area contributed by atoms with Crippen LogP contribution in [0.1, 0.15) is 121 Å². The number of rotatable bonds is 15. The molecule has 71 heavy (non-hydrogen) atoms. The van der Waals surface area contributed by atoms with Crippen molar-refractivity contribution in [1.29, 1.82) is 0 Å². The number of cyclic esters (lactones) is 1. The molecule has 3 heterocycles. The lowest BCUT2D eigenvalue weighted by Crippen LogP contribution is -2.62. The highest BCUT2D eigenvalue weighted by Gasteiger charge is 2.55. The molecule has 19 heteroatoms. The number of aliphatic hydroxyl groups is 5. The molecule has 3 saturated heterocycles. The van der Waals surface area contributed by atoms with Crippen LogP contribution in [-0.2, 0) is 49.5 Å². The van der Waals surface area contributed by atoms with Gasteiger partial charge in [0, 0.05) is 51.0 Å². The van der Waals surface area contributed by atoms with Gasteiger partial charge in [0.1, 0.15) is 36.7 Å². The molecular weight excluding hydrogens is 942 g/mol. The van der Waals surface area contributed by atoms with Gasteiger partial charge >= 0.3 is 5.97 Å². The molecule has 0 aliphatic carbocycles. The van der Waals surface area contributed by atoms with Crippen molar-refractivity contribution in [2.24, 2.45) is 23.7 Å². The fourth-order valence-electron chi connectivity index (χ4n) is 11.5. The second-order valence-corrected chi connectivity index (χ2v) is 24.9. The molecule has 1 unspecified atom stereocenters. The van der Waals surface area contributed by atoms with Crippen molar-refractivity contribution < 1.29 is 71.6 Å². The number of likely N-dealkylation sites (N-methyl/N-ethyl adjacent to an activating group) is 2. The maximum Gasteiger partial charge on any atom is 0.309 e. The molecule has 0 spiro atoms. The lowest BCUT2D eigenvalue weighted by Gasteiger charge is -2.51. The number of halogens is 1. The number of hydrogen-bond donors (Lipinski definition) is 6. The van der Waals surface area contributed by atoms with E-state index in [4.69, 9.17) is 23.7 Å². The molecule has 1 amide bonds. The van der Waals surface area contributed by atoms with Gasteiger partial charge in [-0.15, -0.1) is 0 Å². The second kappa shape index (κ2) is 25.0. The van der Waals surface area contributed by atoms with E-state index in [1.54, 1.807) is 74.6 Å². The Bertz CT molecular complexity index is 1980. The first-order valence-corrected chi connectivity index (χ1v) is 27.2. The molecule has 0 radical (unpaired) electrons. The Morgan fingerprint density at radius 2 is 1.62 bits per heavy atom. The number of carbonyl (C=O) groups excluding carboxylic acids is 2. The molecule has 3 aliphatic heterocycles. The summed E-state index contributed by atoms with van der Waals surface area (Å²) in [5.41, 5.74) is -3.93. The molecule has 0 aromatic heterocycles. The summed E-state index contributed by atoms with van der Waals surface area (Å²) in [5.74, 6) is -3.82. The van der Waals surface area contributed by atoms with Gasteiger partial charge in [0.15, 0.2) is 16.1 Å². The lowest BCUT2D eigenvalue weighted by atomic mass is 9.68. The molecular formula is C52H90FN3O14S. The Balaban J connectivity index is 1.65. The van der Waals surface area contributed by atoms with Crippen LogP contribution in [0.25, 0.3) is 0 Å². The molecule has 0 bridgehead atoms. The monoisotopic (exact) mass is 1030 g/mol. The Hall–Kier alpha value is -2.40. The minimum atomic E-state index is -3.48. The van der Waals surface area contributed by atoms with Crippen LogP contribution in [-0.4, -0.2) is 192 Å². The van der Waals surface area contributed by atoms with Crippen LogP contribution in [0.3, 0.4) is 0 Å². The highest BCUT2D eigenvalue weighted by Crippen LogP contribution is 2.45. The van der Waals surface area contributed by atoms with Gasteiger partial charge in [-0.1, -0.05) is 39.8 Å². The smallest absolute Gasteiger partial charge is 0.309 e. The highest BCUT2D eigenvalue weighted by molar-refractivity contribution is 7.92. The lowest BCUT2D eigenvalue weighted by molar-refractivity contribution is -0.302. The topological polar surface area (TPSA) is 234 Å². The van der Waals surface area contributed by atoms with Gasteiger partial charge < -0.3 is 64.3 Å². The number of esters is 1. The molecule has 0 saturated carbocycles. The minimum absolute atomic E-state index is 0.0300. The summed E-state index contributed by atoms with van der Waals surface area (Å²) in [5, 5.41) is 62.0. The van der Waals surface area contributed by atoms with Crippen LogP contribution in [0.5, 0.6) is 0 Å². The van der Waals surface area contributed by atoms with Crippen LogP contribution in [0, 0.1) is 23.7 Å². The van der Waals surface area contributed by atoms with Crippen LogP contribution in [0.15, 0.2) is 29.2 Å². The van der Waals surface area contributed by atoms with E-state index in [-0.39, 0.29) is 49.5 Å². The van der Waals surface area contributed by atoms with Gasteiger partial charge in [0.05, 0.1) is 57.7 Å². The number of aliphatic hydroxyl groups excluding tert-OH is 3. The molecule has 4 rings (SSSR count). The van der Waals surface area contributed by atoms with E-state index in [0.717, 1.165) is 0 Å². The quantitative estimate of drug-likeness (QED) is 0.137. The number of nitrogens with zero attached hydrogens (tertiary/aromatic N) is 2. The highest BCUT2D eigenvalue weighted by atomic mass is 32.2. The van der Waals surface area contributed by atoms with E-state index in [1.165, 1.54) is 26.2 Å². The largest absolute Gasteiger partial charge is 0.459 e. The fourth-order valence-corrected chi connectivity index (χ4v) is 12.5. The molecule has 3 fully saturated rings. The van der Waals surface area contributed by atoms with Gasteiger partial charge in [-0.3, -0.25) is 9.59 Å². The van der Waals surface area contributed by atoms with E-state index in [2.05, 4.69) is 5.32 Å². The van der Waals surface area contributed by atoms with Gasteiger partial charge in [-0.25, -0.2) is 12.8 Å². The number of amides is 1. The summed E-state index contributed by atoms with van der Waals surface area (Å²) in [7, 11) is 1.61. The molecule has 17 nitrogen and oxygen atoms in total. The van der Waals surface area contributed by atoms with E-state index in [9.17, 15) is 47.9 Å². The van der Waals surface area contributed by atoms with E-state index >= 15 is 0 Å². The number of methoxy groups -OCH3 is 1. The number of alkyl halides is 1. The summed E-state index contributed by atoms with van der Waals surface area (Å²) in [6, 6.07) is 4.19. The minimum Gasteiger partial charge on any atom is -0.459 e. The van der Waals surface area contributed by atoms with Crippen molar-refractivity contribution in [3.05, 3.63) is 29.8 Å². The van der Waals surface area contributed by atoms with Crippen LogP contribution in [0.2, 0.25) is 0 Å². The maximum atomic E-state index is 14.6. The van der Waals surface area contributed by atoms with Gasteiger partial charge in [0.2, 0.25) is 5.91 Å². The SMILES string of the molecule is CC[C@H]1OC(=O)[C@H](C)[C@@H](C2C[C@@](C)(OC)[C@@H](O)[C@H](C)O2)[C@H](C)[C@@H](O[C@@H]2O[C@H](C)C[C@H](N(C)CCC(=O)N[C@H](CF)Cc3ccc(S(=O)(=O)C(C)C)cc3)[C@H]2O)[C@](C)(O)C[C@@H](C)CN(C)[C@H](C)[C@@H](O)[C@]1(C)O. The first-order valence-electron chi connectivity index (χ1n) is 25.7. The van der Waals surface area contributed by atoms with E-state index in [1.807, 2.05) is 37.6 Å². The zero-order valence-corrected chi connectivity index (χ0v) is 45.9. The number of nitrogens with one attached hydrogen (secondary N) is 1. The first-order chi connectivity index (χ1) is 32.9. The van der Waals surface area contributed by atoms with Crippen LogP contribution >= 0.6 is 0 Å². The molecule has 19 atom stereocenters. The number of carbonyl (C=O) groups is 2. The van der Waals surface area contributed by atoms with Gasteiger partial charge in [-0.2, -0.15) is 0 Å². The number of benzene rings is 1. The van der Waals surface area contributed by atoms with Crippen molar-refractivity contribution in [2.75, 3.05) is 41.0 Å². The Labute approximate surface area is 423 Å².